The minimum atomic E-state index is -0.221. The summed E-state index contributed by atoms with van der Waals surface area (Å²) in [6.07, 6.45) is 8.39. The molecule has 2 heterocycles. The Morgan fingerprint density at radius 2 is 1.86 bits per heavy atom. The van der Waals surface area contributed by atoms with E-state index in [-0.39, 0.29) is 17.1 Å². The van der Waals surface area contributed by atoms with Crippen LogP contribution >= 0.6 is 0 Å². The maximum absolute atomic E-state index is 13.3. The molecule has 4 heteroatoms. The largest absolute Gasteiger partial charge is 0.378 e. The molecular weight excluding hydrogens is 266 g/mol. The number of ether oxygens (including phenoxy) is 2. The van der Waals surface area contributed by atoms with E-state index in [0.29, 0.717) is 19.0 Å². The Morgan fingerprint density at radius 3 is 2.48 bits per heavy atom. The molecule has 1 saturated carbocycles. The number of carbonyl (C=O) groups excluding carboxylic acids is 1. The SMILES string of the molecule is CN(C)C1(C(=O)C2CCOC3(CCOC3)C2)CCCCC1. The highest BCUT2D eigenvalue weighted by molar-refractivity contribution is 5.90. The van der Waals surface area contributed by atoms with E-state index in [1.165, 1.54) is 19.3 Å². The molecule has 3 aliphatic rings. The smallest absolute Gasteiger partial charge is 0.156 e. The zero-order chi connectivity index (χ0) is 14.9. The van der Waals surface area contributed by atoms with Gasteiger partial charge in [-0.25, -0.2) is 0 Å². The van der Waals surface area contributed by atoms with Crippen molar-refractivity contribution in [3.63, 3.8) is 0 Å². The number of hydrogen-bond acceptors (Lipinski definition) is 4. The minimum Gasteiger partial charge on any atom is -0.378 e. The first-order chi connectivity index (χ1) is 10.1. The molecule has 2 atom stereocenters. The summed E-state index contributed by atoms with van der Waals surface area (Å²) in [5, 5.41) is 0. The first-order valence-electron chi connectivity index (χ1n) is 8.52. The molecule has 0 N–H and O–H groups in total. The zero-order valence-corrected chi connectivity index (χ0v) is 13.5. The zero-order valence-electron chi connectivity index (χ0n) is 13.5. The number of Topliss-reactive ketones (excluding diaryl/α,β-unsaturated/α-hetero) is 1. The topological polar surface area (TPSA) is 38.8 Å². The van der Waals surface area contributed by atoms with Crippen molar-refractivity contribution in [3.8, 4) is 0 Å². The number of rotatable bonds is 3. The van der Waals surface area contributed by atoms with Gasteiger partial charge in [-0.05, 0) is 39.8 Å². The molecule has 0 aromatic carbocycles. The Morgan fingerprint density at radius 1 is 1.10 bits per heavy atom. The van der Waals surface area contributed by atoms with Crippen molar-refractivity contribution in [2.45, 2.75) is 62.5 Å². The third-order valence-electron chi connectivity index (χ3n) is 5.93. The number of nitrogens with zero attached hydrogens (tertiary/aromatic N) is 1. The summed E-state index contributed by atoms with van der Waals surface area (Å²) in [6, 6.07) is 0. The van der Waals surface area contributed by atoms with Crippen LogP contribution in [0.1, 0.15) is 51.4 Å². The van der Waals surface area contributed by atoms with E-state index in [1.54, 1.807) is 0 Å². The van der Waals surface area contributed by atoms with Crippen molar-refractivity contribution in [3.05, 3.63) is 0 Å². The number of hydrogen-bond donors (Lipinski definition) is 0. The first kappa shape index (κ1) is 15.4. The Bertz CT molecular complexity index is 381. The van der Waals surface area contributed by atoms with Crippen molar-refractivity contribution >= 4 is 5.78 Å². The summed E-state index contributed by atoms with van der Waals surface area (Å²) in [5.74, 6) is 0.628. The molecule has 1 aliphatic carbocycles. The van der Waals surface area contributed by atoms with E-state index in [4.69, 9.17) is 9.47 Å². The molecular formula is C17H29NO3. The molecule has 0 aromatic rings. The van der Waals surface area contributed by atoms with Crippen LogP contribution in [-0.4, -0.2) is 55.7 Å². The second kappa shape index (κ2) is 5.98. The Hall–Kier alpha value is -0.450. The summed E-state index contributed by atoms with van der Waals surface area (Å²) < 4.78 is 11.5. The normalized spacial score (nSPS) is 36.2. The van der Waals surface area contributed by atoms with Crippen molar-refractivity contribution in [1.82, 2.24) is 4.90 Å². The number of ketones is 1. The lowest BCUT2D eigenvalue weighted by atomic mass is 9.70. The highest BCUT2D eigenvalue weighted by atomic mass is 16.6. The first-order valence-corrected chi connectivity index (χ1v) is 8.52. The number of likely N-dealkylation sites (N-methyl/N-ethyl adjacent to an activating group) is 1. The molecule has 1 spiro atoms. The average Bonchev–Trinajstić information content (AvgIpc) is 2.95. The summed E-state index contributed by atoms with van der Waals surface area (Å²) in [4.78, 5) is 15.5. The van der Waals surface area contributed by atoms with E-state index in [0.717, 1.165) is 38.7 Å². The second-order valence-electron chi connectivity index (χ2n) is 7.37. The van der Waals surface area contributed by atoms with Crippen LogP contribution in [0.2, 0.25) is 0 Å². The molecule has 0 aromatic heterocycles. The van der Waals surface area contributed by atoms with E-state index in [2.05, 4.69) is 19.0 Å². The van der Waals surface area contributed by atoms with Gasteiger partial charge in [0.2, 0.25) is 0 Å². The molecule has 0 bridgehead atoms. The van der Waals surface area contributed by atoms with Gasteiger partial charge in [0.15, 0.2) is 5.78 Å². The van der Waals surface area contributed by atoms with Crippen molar-refractivity contribution in [2.24, 2.45) is 5.92 Å². The lowest BCUT2D eigenvalue weighted by molar-refractivity contribution is -0.149. The van der Waals surface area contributed by atoms with Crippen molar-refractivity contribution in [2.75, 3.05) is 33.9 Å². The van der Waals surface area contributed by atoms with Gasteiger partial charge in [0.05, 0.1) is 17.7 Å². The summed E-state index contributed by atoms with van der Waals surface area (Å²) in [5.41, 5.74) is -0.387. The average molecular weight is 295 g/mol. The monoisotopic (exact) mass is 295 g/mol. The van der Waals surface area contributed by atoms with Gasteiger partial charge in [-0.3, -0.25) is 9.69 Å². The Kier molecular flexibility index (Phi) is 4.40. The number of carbonyl (C=O) groups is 1. The molecule has 3 rings (SSSR count). The van der Waals surface area contributed by atoms with E-state index in [9.17, 15) is 4.79 Å². The van der Waals surface area contributed by atoms with Gasteiger partial charge in [0, 0.05) is 25.6 Å². The van der Waals surface area contributed by atoms with Crippen LogP contribution in [-0.2, 0) is 14.3 Å². The maximum atomic E-state index is 13.3. The van der Waals surface area contributed by atoms with Crippen LogP contribution in [0.15, 0.2) is 0 Å². The van der Waals surface area contributed by atoms with Crippen LogP contribution in [0.25, 0.3) is 0 Å². The highest BCUT2D eigenvalue weighted by Crippen LogP contribution is 2.41. The minimum absolute atomic E-state index is 0.154. The molecule has 2 unspecified atom stereocenters. The van der Waals surface area contributed by atoms with Gasteiger partial charge < -0.3 is 9.47 Å². The van der Waals surface area contributed by atoms with E-state index < -0.39 is 0 Å². The van der Waals surface area contributed by atoms with Crippen LogP contribution in [0.4, 0.5) is 0 Å². The van der Waals surface area contributed by atoms with Crippen LogP contribution in [0.3, 0.4) is 0 Å². The third-order valence-corrected chi connectivity index (χ3v) is 5.93. The molecule has 21 heavy (non-hydrogen) atoms. The lowest BCUT2D eigenvalue weighted by Crippen LogP contribution is -2.56. The molecule has 120 valence electrons. The predicted octanol–water partition coefficient (Wildman–Crippen LogP) is 2.41. The van der Waals surface area contributed by atoms with Gasteiger partial charge in [0.1, 0.15) is 0 Å². The Labute approximate surface area is 128 Å². The molecule has 0 radical (unpaired) electrons. The van der Waals surface area contributed by atoms with Crippen molar-refractivity contribution < 1.29 is 14.3 Å². The van der Waals surface area contributed by atoms with Gasteiger partial charge in [-0.15, -0.1) is 0 Å². The molecule has 2 saturated heterocycles. The van der Waals surface area contributed by atoms with Gasteiger partial charge in [-0.1, -0.05) is 19.3 Å². The molecule has 2 aliphatic heterocycles. The van der Waals surface area contributed by atoms with E-state index >= 15 is 0 Å². The fourth-order valence-corrected chi connectivity index (χ4v) is 4.55. The summed E-state index contributed by atoms with van der Waals surface area (Å²) >= 11 is 0. The van der Waals surface area contributed by atoms with Gasteiger partial charge >= 0.3 is 0 Å². The lowest BCUT2D eigenvalue weighted by Gasteiger charge is -2.46. The highest BCUT2D eigenvalue weighted by Gasteiger charge is 2.49. The van der Waals surface area contributed by atoms with Crippen LogP contribution in [0.5, 0.6) is 0 Å². The van der Waals surface area contributed by atoms with Gasteiger partial charge in [0.25, 0.3) is 0 Å². The van der Waals surface area contributed by atoms with E-state index in [1.807, 2.05) is 0 Å². The van der Waals surface area contributed by atoms with Gasteiger partial charge in [-0.2, -0.15) is 0 Å². The fourth-order valence-electron chi connectivity index (χ4n) is 4.55. The van der Waals surface area contributed by atoms with Crippen LogP contribution < -0.4 is 0 Å². The maximum Gasteiger partial charge on any atom is 0.156 e. The predicted molar refractivity (Wildman–Crippen MR) is 81.4 cm³/mol. The Balaban J connectivity index is 1.76. The molecule has 3 fully saturated rings. The standard InChI is InChI=1S/C17H29NO3/c1-18(2)17(7-4-3-5-8-17)15(19)14-6-10-21-16(12-14)9-11-20-13-16/h14H,3-13H2,1-2H3. The van der Waals surface area contributed by atoms with Crippen molar-refractivity contribution in [1.29, 1.82) is 0 Å². The fraction of sp³-hybridized carbons (Fsp3) is 0.941. The van der Waals surface area contributed by atoms with Crippen LogP contribution in [0, 0.1) is 5.92 Å². The summed E-state index contributed by atoms with van der Waals surface area (Å²) in [6.45, 7) is 2.16. The molecule has 4 nitrogen and oxygen atoms in total. The third kappa shape index (κ3) is 2.78. The quantitative estimate of drug-likeness (QED) is 0.801. The second-order valence-corrected chi connectivity index (χ2v) is 7.37. The molecule has 0 amide bonds. The summed E-state index contributed by atoms with van der Waals surface area (Å²) in [7, 11) is 4.16.